The summed E-state index contributed by atoms with van der Waals surface area (Å²) in [4.78, 5) is 65.3. The van der Waals surface area contributed by atoms with Gasteiger partial charge in [-0.25, -0.2) is 9.59 Å². The first-order valence-electron chi connectivity index (χ1n) is 13.5. The van der Waals surface area contributed by atoms with Gasteiger partial charge in [-0.1, -0.05) is 12.1 Å². The number of methoxy groups -OCH3 is 1. The number of amides is 2. The predicted octanol–water partition coefficient (Wildman–Crippen LogP) is 4.49. The Morgan fingerprint density at radius 1 is 0.756 bits per heavy atom. The number of carbonyl (C=O) groups excluding carboxylic acids is 5. The van der Waals surface area contributed by atoms with Gasteiger partial charge in [0.05, 0.1) is 35.8 Å². The SMILES string of the molecule is COc1cccc(C(=O)Oc2ccc(C(=O)COC(=O)c3cccc(N4C(=O)C5C6CCC(C6)C5C4=O)c3)cc2)c1. The third-order valence-corrected chi connectivity index (χ3v) is 8.29. The summed E-state index contributed by atoms with van der Waals surface area (Å²) < 4.78 is 15.7. The minimum absolute atomic E-state index is 0.135. The van der Waals surface area contributed by atoms with Gasteiger partial charge >= 0.3 is 11.9 Å². The van der Waals surface area contributed by atoms with Crippen LogP contribution in [0.3, 0.4) is 0 Å². The second-order valence-corrected chi connectivity index (χ2v) is 10.6. The summed E-state index contributed by atoms with van der Waals surface area (Å²) in [7, 11) is 1.50. The van der Waals surface area contributed by atoms with Crippen molar-refractivity contribution < 1.29 is 38.2 Å². The molecule has 1 saturated heterocycles. The Labute approximate surface area is 236 Å². The van der Waals surface area contributed by atoms with Crippen molar-refractivity contribution in [2.24, 2.45) is 23.7 Å². The standard InChI is InChI=1S/C32H27NO8/c1-39-25-7-3-5-22(16-25)32(38)41-24-12-10-18(11-13-24)26(34)17-40-31(37)21-4-2-6-23(15-21)33-29(35)27-19-8-9-20(14-19)28(27)30(33)36/h2-7,10-13,15-16,19-20,27-28H,8-9,14,17H2,1H3. The van der Waals surface area contributed by atoms with Crippen LogP contribution in [0, 0.1) is 23.7 Å². The van der Waals surface area contributed by atoms with E-state index in [0.717, 1.165) is 19.3 Å². The summed E-state index contributed by atoms with van der Waals surface area (Å²) in [6.45, 7) is -0.513. The minimum atomic E-state index is -0.747. The number of fused-ring (bicyclic) bond motifs is 5. The molecule has 3 aromatic rings. The van der Waals surface area contributed by atoms with Crippen molar-refractivity contribution in [1.29, 1.82) is 0 Å². The van der Waals surface area contributed by atoms with Crippen LogP contribution in [0.15, 0.2) is 72.8 Å². The molecule has 2 bridgehead atoms. The van der Waals surface area contributed by atoms with E-state index >= 15 is 0 Å². The van der Waals surface area contributed by atoms with Gasteiger partial charge < -0.3 is 14.2 Å². The normalized spacial score (nSPS) is 22.4. The van der Waals surface area contributed by atoms with E-state index in [1.807, 2.05) is 0 Å². The number of esters is 2. The highest BCUT2D eigenvalue weighted by Gasteiger charge is 2.61. The zero-order chi connectivity index (χ0) is 28.7. The maximum Gasteiger partial charge on any atom is 0.343 e. The molecule has 9 nitrogen and oxygen atoms in total. The fraction of sp³-hybridized carbons (Fsp3) is 0.281. The molecule has 2 aliphatic carbocycles. The highest BCUT2D eigenvalue weighted by Crippen LogP contribution is 2.56. The van der Waals surface area contributed by atoms with Crippen molar-refractivity contribution in [3.63, 3.8) is 0 Å². The molecule has 1 heterocycles. The van der Waals surface area contributed by atoms with Crippen LogP contribution in [-0.4, -0.2) is 43.3 Å². The minimum Gasteiger partial charge on any atom is -0.497 e. The maximum atomic E-state index is 13.1. The van der Waals surface area contributed by atoms with Gasteiger partial charge in [-0.05, 0) is 91.8 Å². The fourth-order valence-electron chi connectivity index (χ4n) is 6.36. The summed E-state index contributed by atoms with van der Waals surface area (Å²) in [6, 6.07) is 18.6. The molecule has 3 aromatic carbocycles. The average Bonchev–Trinajstić information content (AvgIpc) is 3.69. The van der Waals surface area contributed by atoms with Crippen LogP contribution in [0.25, 0.3) is 0 Å². The Kier molecular flexibility index (Phi) is 6.86. The maximum absolute atomic E-state index is 13.1. The molecule has 1 aliphatic heterocycles. The lowest BCUT2D eigenvalue weighted by atomic mass is 9.81. The molecule has 0 aromatic heterocycles. The van der Waals surface area contributed by atoms with Gasteiger partial charge in [-0.15, -0.1) is 0 Å². The van der Waals surface area contributed by atoms with Crippen LogP contribution in [0.4, 0.5) is 5.69 Å². The van der Waals surface area contributed by atoms with Gasteiger partial charge in [0.1, 0.15) is 11.5 Å². The lowest BCUT2D eigenvalue weighted by molar-refractivity contribution is -0.123. The van der Waals surface area contributed by atoms with Crippen LogP contribution in [0.1, 0.15) is 50.3 Å². The van der Waals surface area contributed by atoms with Crippen molar-refractivity contribution >= 4 is 35.2 Å². The molecule has 4 unspecified atom stereocenters. The van der Waals surface area contributed by atoms with E-state index in [2.05, 4.69) is 0 Å². The molecule has 0 spiro atoms. The number of ketones is 1. The first kappa shape index (κ1) is 26.4. The highest BCUT2D eigenvalue weighted by molar-refractivity contribution is 6.22. The van der Waals surface area contributed by atoms with E-state index in [4.69, 9.17) is 14.2 Å². The number of nitrogens with zero attached hydrogens (tertiary/aromatic N) is 1. The molecule has 4 atom stereocenters. The van der Waals surface area contributed by atoms with Gasteiger partial charge in [0.25, 0.3) is 0 Å². The van der Waals surface area contributed by atoms with Crippen LogP contribution in [0.2, 0.25) is 0 Å². The Bertz CT molecular complexity index is 1530. The van der Waals surface area contributed by atoms with Crippen molar-refractivity contribution in [1.82, 2.24) is 0 Å². The lowest BCUT2D eigenvalue weighted by Gasteiger charge is -2.19. The number of imide groups is 1. The van der Waals surface area contributed by atoms with Gasteiger partial charge in [0.2, 0.25) is 11.8 Å². The zero-order valence-electron chi connectivity index (χ0n) is 22.3. The molecule has 2 saturated carbocycles. The highest BCUT2D eigenvalue weighted by atomic mass is 16.5. The van der Waals surface area contributed by atoms with E-state index in [9.17, 15) is 24.0 Å². The van der Waals surface area contributed by atoms with Gasteiger partial charge in [0, 0.05) is 5.56 Å². The van der Waals surface area contributed by atoms with Gasteiger partial charge in [-0.2, -0.15) is 0 Å². The molecular weight excluding hydrogens is 526 g/mol. The van der Waals surface area contributed by atoms with Crippen molar-refractivity contribution in [3.05, 3.63) is 89.5 Å². The molecule has 2 amide bonds. The third kappa shape index (κ3) is 4.88. The quantitative estimate of drug-likeness (QED) is 0.173. The largest absolute Gasteiger partial charge is 0.497 e. The molecule has 41 heavy (non-hydrogen) atoms. The topological polar surface area (TPSA) is 116 Å². The lowest BCUT2D eigenvalue weighted by Crippen LogP contribution is -2.32. The number of hydrogen-bond acceptors (Lipinski definition) is 8. The molecule has 9 heteroatoms. The number of benzene rings is 3. The number of carbonyl (C=O) groups is 5. The van der Waals surface area contributed by atoms with E-state index in [1.165, 1.54) is 48.4 Å². The second-order valence-electron chi connectivity index (χ2n) is 10.6. The summed E-state index contributed by atoms with van der Waals surface area (Å²) in [5, 5.41) is 0. The van der Waals surface area contributed by atoms with Crippen LogP contribution >= 0.6 is 0 Å². The summed E-state index contributed by atoms with van der Waals surface area (Å²) in [6.07, 6.45) is 2.91. The first-order chi connectivity index (χ1) is 19.8. The van der Waals surface area contributed by atoms with Crippen molar-refractivity contribution in [3.8, 4) is 11.5 Å². The van der Waals surface area contributed by atoms with Crippen molar-refractivity contribution in [2.45, 2.75) is 19.3 Å². The smallest absolute Gasteiger partial charge is 0.343 e. The molecule has 0 radical (unpaired) electrons. The molecule has 3 fully saturated rings. The van der Waals surface area contributed by atoms with Gasteiger partial charge in [0.15, 0.2) is 12.4 Å². The molecule has 3 aliphatic rings. The Morgan fingerprint density at radius 2 is 1.39 bits per heavy atom. The number of rotatable bonds is 8. The average molecular weight is 554 g/mol. The van der Waals surface area contributed by atoms with Gasteiger partial charge in [-0.3, -0.25) is 19.3 Å². The zero-order valence-corrected chi connectivity index (χ0v) is 22.3. The molecular formula is C32H27NO8. The van der Waals surface area contributed by atoms with Crippen LogP contribution in [-0.2, 0) is 14.3 Å². The molecule has 0 N–H and O–H groups in total. The number of ether oxygens (including phenoxy) is 3. The molecule has 208 valence electrons. The fourth-order valence-corrected chi connectivity index (χ4v) is 6.36. The van der Waals surface area contributed by atoms with E-state index < -0.39 is 24.3 Å². The van der Waals surface area contributed by atoms with Crippen LogP contribution < -0.4 is 14.4 Å². The number of anilines is 1. The Morgan fingerprint density at radius 3 is 2.05 bits per heavy atom. The van der Waals surface area contributed by atoms with E-state index in [0.29, 0.717) is 17.0 Å². The summed E-state index contributed by atoms with van der Waals surface area (Å²) >= 11 is 0. The number of Topliss-reactive ketones (excluding diaryl/α,β-unsaturated/α-hetero) is 1. The first-order valence-corrected chi connectivity index (χ1v) is 13.5. The summed E-state index contributed by atoms with van der Waals surface area (Å²) in [5.74, 6) is -1.38. The Hall–Kier alpha value is -4.79. The predicted molar refractivity (Wildman–Crippen MR) is 146 cm³/mol. The molecule has 6 rings (SSSR count). The third-order valence-electron chi connectivity index (χ3n) is 8.29. The monoisotopic (exact) mass is 553 g/mol. The van der Waals surface area contributed by atoms with E-state index in [1.54, 1.807) is 36.4 Å². The summed E-state index contributed by atoms with van der Waals surface area (Å²) in [5.41, 5.74) is 1.06. The Balaban J connectivity index is 1.06. The number of hydrogen-bond donors (Lipinski definition) is 0. The van der Waals surface area contributed by atoms with Crippen molar-refractivity contribution in [2.75, 3.05) is 18.6 Å². The van der Waals surface area contributed by atoms with E-state index in [-0.39, 0.29) is 52.4 Å². The van der Waals surface area contributed by atoms with Crippen LogP contribution in [0.5, 0.6) is 11.5 Å². The second kappa shape index (κ2) is 10.6.